The summed E-state index contributed by atoms with van der Waals surface area (Å²) in [6.45, 7) is 2.54. The lowest BCUT2D eigenvalue weighted by atomic mass is 9.98. The summed E-state index contributed by atoms with van der Waals surface area (Å²) in [4.78, 5) is 0. The SMILES string of the molecule is CCCCCCCCCCCCCCN[C@@H]1O[C@H](CO)[C@H](O)[C@H](O)[C@H]1O. The number of ether oxygens (including phenoxy) is 1. The van der Waals surface area contributed by atoms with Gasteiger partial charge in [-0.3, -0.25) is 5.32 Å². The largest absolute Gasteiger partial charge is 0.394 e. The first kappa shape index (κ1) is 23.8. The third kappa shape index (κ3) is 9.11. The van der Waals surface area contributed by atoms with Crippen LogP contribution in [0, 0.1) is 0 Å². The van der Waals surface area contributed by atoms with Crippen molar-refractivity contribution in [2.75, 3.05) is 13.2 Å². The molecule has 5 N–H and O–H groups in total. The third-order valence-corrected chi connectivity index (χ3v) is 5.27. The first-order chi connectivity index (χ1) is 12.6. The van der Waals surface area contributed by atoms with Crippen LogP contribution in [0.5, 0.6) is 0 Å². The number of hydrogen-bond acceptors (Lipinski definition) is 6. The van der Waals surface area contributed by atoms with E-state index in [0.717, 1.165) is 12.8 Å². The number of nitrogens with one attached hydrogen (secondary N) is 1. The molecule has 156 valence electrons. The average Bonchev–Trinajstić information content (AvgIpc) is 2.65. The number of aliphatic hydroxyl groups excluding tert-OH is 4. The second kappa shape index (κ2) is 14.8. The predicted octanol–water partition coefficient (Wildman–Crippen LogP) is 2.08. The van der Waals surface area contributed by atoms with Gasteiger partial charge in [0, 0.05) is 0 Å². The van der Waals surface area contributed by atoms with E-state index >= 15 is 0 Å². The molecule has 0 unspecified atom stereocenters. The Labute approximate surface area is 159 Å². The second-order valence-corrected chi connectivity index (χ2v) is 7.59. The van der Waals surface area contributed by atoms with Crippen molar-refractivity contribution in [2.24, 2.45) is 0 Å². The van der Waals surface area contributed by atoms with Crippen LogP contribution in [0.1, 0.15) is 84.0 Å². The van der Waals surface area contributed by atoms with E-state index in [-0.39, 0.29) is 6.61 Å². The Bertz CT molecular complexity index is 329. The topological polar surface area (TPSA) is 102 Å². The molecule has 1 saturated heterocycles. The van der Waals surface area contributed by atoms with Gasteiger partial charge in [-0.1, -0.05) is 77.6 Å². The Morgan fingerprint density at radius 2 is 1.19 bits per heavy atom. The van der Waals surface area contributed by atoms with Crippen molar-refractivity contribution >= 4 is 0 Å². The van der Waals surface area contributed by atoms with E-state index < -0.39 is 30.6 Å². The molecule has 6 heteroatoms. The molecule has 1 fully saturated rings. The zero-order valence-electron chi connectivity index (χ0n) is 16.5. The summed E-state index contributed by atoms with van der Waals surface area (Å²) in [7, 11) is 0. The highest BCUT2D eigenvalue weighted by Gasteiger charge is 2.42. The van der Waals surface area contributed by atoms with Gasteiger partial charge < -0.3 is 25.2 Å². The van der Waals surface area contributed by atoms with Gasteiger partial charge in [-0.25, -0.2) is 0 Å². The zero-order chi connectivity index (χ0) is 19.2. The molecule has 0 spiro atoms. The van der Waals surface area contributed by atoms with Crippen molar-refractivity contribution in [1.29, 1.82) is 0 Å². The number of hydrogen-bond donors (Lipinski definition) is 5. The van der Waals surface area contributed by atoms with E-state index in [9.17, 15) is 15.3 Å². The van der Waals surface area contributed by atoms with Crippen LogP contribution >= 0.6 is 0 Å². The maximum absolute atomic E-state index is 9.93. The summed E-state index contributed by atoms with van der Waals surface area (Å²) >= 11 is 0. The predicted molar refractivity (Wildman–Crippen MR) is 103 cm³/mol. The van der Waals surface area contributed by atoms with Gasteiger partial charge in [0.25, 0.3) is 0 Å². The van der Waals surface area contributed by atoms with Gasteiger partial charge in [0.2, 0.25) is 0 Å². The van der Waals surface area contributed by atoms with Crippen LogP contribution in [0.2, 0.25) is 0 Å². The van der Waals surface area contributed by atoms with Crippen LogP contribution in [-0.2, 0) is 4.74 Å². The maximum atomic E-state index is 9.93. The fourth-order valence-corrected chi connectivity index (χ4v) is 3.48. The summed E-state index contributed by atoms with van der Waals surface area (Å²) in [5.41, 5.74) is 0. The minimum absolute atomic E-state index is 0.387. The van der Waals surface area contributed by atoms with Gasteiger partial charge in [-0.15, -0.1) is 0 Å². The van der Waals surface area contributed by atoms with Crippen molar-refractivity contribution < 1.29 is 25.2 Å². The molecular weight excluding hydrogens is 334 g/mol. The van der Waals surface area contributed by atoms with Crippen LogP contribution < -0.4 is 5.32 Å². The van der Waals surface area contributed by atoms with Crippen LogP contribution in [0.4, 0.5) is 0 Å². The smallest absolute Gasteiger partial charge is 0.137 e. The molecule has 1 rings (SSSR count). The Morgan fingerprint density at radius 3 is 1.69 bits per heavy atom. The molecule has 0 radical (unpaired) electrons. The normalized spacial score (nSPS) is 29.2. The lowest BCUT2D eigenvalue weighted by molar-refractivity contribution is -0.236. The van der Waals surface area contributed by atoms with Gasteiger partial charge in [0.1, 0.15) is 30.6 Å². The molecule has 0 aliphatic carbocycles. The zero-order valence-corrected chi connectivity index (χ0v) is 16.5. The monoisotopic (exact) mass is 375 g/mol. The van der Waals surface area contributed by atoms with Gasteiger partial charge >= 0.3 is 0 Å². The lowest BCUT2D eigenvalue weighted by Gasteiger charge is -2.40. The molecule has 1 heterocycles. The minimum Gasteiger partial charge on any atom is -0.394 e. The molecule has 6 nitrogen and oxygen atoms in total. The highest BCUT2D eigenvalue weighted by atomic mass is 16.6. The van der Waals surface area contributed by atoms with E-state index in [0.29, 0.717) is 6.54 Å². The fraction of sp³-hybridized carbons (Fsp3) is 1.00. The molecule has 26 heavy (non-hydrogen) atoms. The Morgan fingerprint density at radius 1 is 0.692 bits per heavy atom. The van der Waals surface area contributed by atoms with E-state index in [1.165, 1.54) is 64.2 Å². The molecule has 1 aliphatic heterocycles. The Kier molecular flexibility index (Phi) is 13.5. The summed E-state index contributed by atoms with van der Waals surface area (Å²) < 4.78 is 5.42. The van der Waals surface area contributed by atoms with Crippen molar-refractivity contribution in [3.05, 3.63) is 0 Å². The van der Waals surface area contributed by atoms with Crippen molar-refractivity contribution in [2.45, 2.75) is 115 Å². The first-order valence-electron chi connectivity index (χ1n) is 10.7. The van der Waals surface area contributed by atoms with Crippen LogP contribution in [0.3, 0.4) is 0 Å². The van der Waals surface area contributed by atoms with Crippen LogP contribution in [-0.4, -0.2) is 64.2 Å². The summed E-state index contributed by atoms with van der Waals surface area (Å²) in [6.07, 6.45) is 10.1. The first-order valence-corrected chi connectivity index (χ1v) is 10.7. The Balaban J connectivity index is 1.95. The molecule has 0 saturated carbocycles. The molecule has 0 aromatic heterocycles. The summed E-state index contributed by atoms with van der Waals surface area (Å²) in [5.74, 6) is 0. The van der Waals surface area contributed by atoms with E-state index in [1.54, 1.807) is 0 Å². The Hall–Kier alpha value is -0.240. The van der Waals surface area contributed by atoms with E-state index in [2.05, 4.69) is 12.2 Å². The van der Waals surface area contributed by atoms with Gasteiger partial charge in [0.15, 0.2) is 0 Å². The highest BCUT2D eigenvalue weighted by Crippen LogP contribution is 2.19. The molecule has 0 amide bonds. The molecular formula is C20H41NO5. The second-order valence-electron chi connectivity index (χ2n) is 7.59. The van der Waals surface area contributed by atoms with Crippen molar-refractivity contribution in [3.8, 4) is 0 Å². The van der Waals surface area contributed by atoms with Gasteiger partial charge in [0.05, 0.1) is 6.61 Å². The number of unbranched alkanes of at least 4 members (excludes halogenated alkanes) is 11. The number of rotatable bonds is 15. The summed E-state index contributed by atoms with van der Waals surface area (Å²) in [6, 6.07) is 0. The van der Waals surface area contributed by atoms with E-state index in [1.807, 2.05) is 0 Å². The molecule has 5 atom stereocenters. The summed E-state index contributed by atoms with van der Waals surface area (Å²) in [5, 5.41) is 41.6. The average molecular weight is 376 g/mol. The molecule has 0 bridgehead atoms. The minimum atomic E-state index is -1.31. The molecule has 1 aliphatic rings. The highest BCUT2D eigenvalue weighted by molar-refractivity contribution is 4.90. The standard InChI is InChI=1S/C20H41NO5/c1-2-3-4-5-6-7-8-9-10-11-12-13-14-21-20-19(25)18(24)17(23)16(15-22)26-20/h16-25H,2-15H2,1H3/t16-,17+,18+,19-,20-/m1/s1. The van der Waals surface area contributed by atoms with Gasteiger partial charge in [-0.2, -0.15) is 0 Å². The maximum Gasteiger partial charge on any atom is 0.137 e. The van der Waals surface area contributed by atoms with Crippen LogP contribution in [0.15, 0.2) is 0 Å². The quantitative estimate of drug-likeness (QED) is 0.281. The number of aliphatic hydroxyl groups is 4. The van der Waals surface area contributed by atoms with Crippen LogP contribution in [0.25, 0.3) is 0 Å². The van der Waals surface area contributed by atoms with Crippen molar-refractivity contribution in [3.63, 3.8) is 0 Å². The fourth-order valence-electron chi connectivity index (χ4n) is 3.48. The van der Waals surface area contributed by atoms with E-state index in [4.69, 9.17) is 9.84 Å². The third-order valence-electron chi connectivity index (χ3n) is 5.27. The van der Waals surface area contributed by atoms with Crippen molar-refractivity contribution in [1.82, 2.24) is 5.32 Å². The molecule has 0 aromatic carbocycles. The lowest BCUT2D eigenvalue weighted by Crippen LogP contribution is -2.62. The molecule has 0 aromatic rings. The van der Waals surface area contributed by atoms with Gasteiger partial charge in [-0.05, 0) is 13.0 Å².